The Labute approximate surface area is 167 Å². The molecule has 6 heteroatoms. The second-order valence-electron chi connectivity index (χ2n) is 6.61. The van der Waals surface area contributed by atoms with Crippen molar-refractivity contribution in [3.63, 3.8) is 0 Å². The number of carbonyl (C=O) groups excluding carboxylic acids is 1. The molecular weight excluding hydrogens is 374 g/mol. The fraction of sp³-hybridized carbons (Fsp3) is 0.286. The van der Waals surface area contributed by atoms with E-state index in [1.807, 2.05) is 42.5 Å². The van der Waals surface area contributed by atoms with Crippen molar-refractivity contribution in [2.45, 2.75) is 42.2 Å². The molecule has 4 rings (SSSR count). The number of fused-ring (bicyclic) bond motifs is 1. The van der Waals surface area contributed by atoms with Crippen LogP contribution in [-0.4, -0.2) is 16.6 Å². The van der Waals surface area contributed by atoms with Crippen molar-refractivity contribution in [1.29, 1.82) is 0 Å². The topological polar surface area (TPSA) is 54.4 Å². The van der Waals surface area contributed by atoms with Crippen LogP contribution < -0.4 is 5.43 Å². The van der Waals surface area contributed by atoms with Gasteiger partial charge in [-0.05, 0) is 55.5 Å². The average molecular weight is 396 g/mol. The predicted octanol–water partition coefficient (Wildman–Crippen LogP) is 5.64. The molecule has 1 fully saturated rings. The van der Waals surface area contributed by atoms with E-state index in [-0.39, 0.29) is 5.91 Å². The van der Waals surface area contributed by atoms with Gasteiger partial charge in [0.25, 0.3) is 5.91 Å². The molecule has 0 aliphatic heterocycles. The minimum absolute atomic E-state index is 0.140. The van der Waals surface area contributed by atoms with E-state index in [0.717, 1.165) is 34.2 Å². The summed E-state index contributed by atoms with van der Waals surface area (Å²) in [5.41, 5.74) is 6.68. The Morgan fingerprint density at radius 1 is 1.07 bits per heavy atom. The van der Waals surface area contributed by atoms with Gasteiger partial charge in [-0.2, -0.15) is 5.10 Å². The van der Waals surface area contributed by atoms with E-state index in [1.165, 1.54) is 29.5 Å². The zero-order valence-electron chi connectivity index (χ0n) is 15.0. The van der Waals surface area contributed by atoms with E-state index in [9.17, 15) is 4.79 Å². The number of benzene rings is 2. The van der Waals surface area contributed by atoms with Gasteiger partial charge >= 0.3 is 0 Å². The Kier molecular flexibility index (Phi) is 5.84. The summed E-state index contributed by atoms with van der Waals surface area (Å²) in [6.07, 6.45) is 5.62. The number of para-hydroxylation sites is 1. The first-order valence-electron chi connectivity index (χ1n) is 9.21. The molecule has 0 radical (unpaired) electrons. The van der Waals surface area contributed by atoms with Crippen molar-refractivity contribution in [2.24, 2.45) is 5.10 Å². The summed E-state index contributed by atoms with van der Waals surface area (Å²) < 4.78 is 2.29. The number of nitrogens with one attached hydrogen (secondary N) is 1. The Bertz CT molecular complexity index is 922. The van der Waals surface area contributed by atoms with Crippen LogP contribution in [0.15, 0.2) is 58.0 Å². The number of hydrogen-bond acceptors (Lipinski definition) is 5. The molecule has 0 spiro atoms. The quantitative estimate of drug-likeness (QED) is 0.449. The molecule has 2 aromatic carbocycles. The molecule has 1 aromatic heterocycles. The van der Waals surface area contributed by atoms with Gasteiger partial charge in [-0.15, -0.1) is 11.3 Å². The third-order valence-electron chi connectivity index (χ3n) is 4.60. The summed E-state index contributed by atoms with van der Waals surface area (Å²) >= 11 is 3.45. The lowest BCUT2D eigenvalue weighted by Crippen LogP contribution is -2.20. The fourth-order valence-corrected chi connectivity index (χ4v) is 5.10. The van der Waals surface area contributed by atoms with Crippen molar-refractivity contribution in [1.82, 2.24) is 10.4 Å². The van der Waals surface area contributed by atoms with E-state index in [4.69, 9.17) is 0 Å². The SMILES string of the molecule is O=C(NN=C1CCCCC1)c1ccc(CSc2nc3ccccc3s2)cc1. The smallest absolute Gasteiger partial charge is 0.267 e. The second kappa shape index (κ2) is 8.67. The molecule has 4 nitrogen and oxygen atoms in total. The van der Waals surface area contributed by atoms with Crippen LogP contribution in [0, 0.1) is 0 Å². The maximum atomic E-state index is 12.2. The Morgan fingerprint density at radius 2 is 1.85 bits per heavy atom. The summed E-state index contributed by atoms with van der Waals surface area (Å²) in [5, 5.41) is 4.28. The van der Waals surface area contributed by atoms with Gasteiger partial charge in [-0.1, -0.05) is 42.4 Å². The van der Waals surface area contributed by atoms with Crippen LogP contribution in [0.4, 0.5) is 0 Å². The highest BCUT2D eigenvalue weighted by atomic mass is 32.2. The third-order valence-corrected chi connectivity index (χ3v) is 6.85. The van der Waals surface area contributed by atoms with E-state index in [0.29, 0.717) is 5.56 Å². The Hall–Kier alpha value is -2.18. The lowest BCUT2D eigenvalue weighted by atomic mass is 9.99. The highest BCUT2D eigenvalue weighted by molar-refractivity contribution is 8.00. The molecule has 1 aliphatic carbocycles. The minimum Gasteiger partial charge on any atom is -0.267 e. The fourth-order valence-electron chi connectivity index (χ4n) is 3.08. The number of carbonyl (C=O) groups is 1. The average Bonchev–Trinajstić information content (AvgIpc) is 3.15. The molecule has 1 N–H and O–H groups in total. The zero-order valence-corrected chi connectivity index (χ0v) is 16.6. The summed E-state index contributed by atoms with van der Waals surface area (Å²) in [6.45, 7) is 0. The van der Waals surface area contributed by atoms with Crippen LogP contribution in [0.5, 0.6) is 0 Å². The normalized spacial score (nSPS) is 14.3. The molecule has 0 unspecified atom stereocenters. The van der Waals surface area contributed by atoms with Crippen LogP contribution in [0.3, 0.4) is 0 Å². The summed E-state index contributed by atoms with van der Waals surface area (Å²) in [6, 6.07) is 15.9. The highest BCUT2D eigenvalue weighted by Gasteiger charge is 2.09. The van der Waals surface area contributed by atoms with Gasteiger partial charge in [0.15, 0.2) is 4.34 Å². The van der Waals surface area contributed by atoms with Gasteiger partial charge in [0.05, 0.1) is 10.2 Å². The van der Waals surface area contributed by atoms with Crippen molar-refractivity contribution >= 4 is 44.9 Å². The number of hydrogen-bond donors (Lipinski definition) is 1. The van der Waals surface area contributed by atoms with Gasteiger partial charge in [-0.3, -0.25) is 4.79 Å². The molecule has 1 heterocycles. The first kappa shape index (κ1) is 18.2. The molecule has 1 amide bonds. The number of thioether (sulfide) groups is 1. The minimum atomic E-state index is -0.140. The number of aromatic nitrogens is 1. The van der Waals surface area contributed by atoms with Crippen LogP contribution in [0.1, 0.15) is 48.0 Å². The predicted molar refractivity (Wildman–Crippen MR) is 114 cm³/mol. The van der Waals surface area contributed by atoms with Crippen molar-refractivity contribution in [3.8, 4) is 0 Å². The van der Waals surface area contributed by atoms with Crippen LogP contribution in [0.25, 0.3) is 10.2 Å². The molecular formula is C21H21N3OS2. The van der Waals surface area contributed by atoms with Crippen LogP contribution in [0.2, 0.25) is 0 Å². The van der Waals surface area contributed by atoms with Gasteiger partial charge in [-0.25, -0.2) is 10.4 Å². The highest BCUT2D eigenvalue weighted by Crippen LogP contribution is 2.31. The zero-order chi connectivity index (χ0) is 18.5. The number of hydrazone groups is 1. The molecule has 0 bridgehead atoms. The Morgan fingerprint density at radius 3 is 2.63 bits per heavy atom. The number of rotatable bonds is 5. The third kappa shape index (κ3) is 4.76. The summed E-state index contributed by atoms with van der Waals surface area (Å²) in [4.78, 5) is 16.9. The van der Waals surface area contributed by atoms with Gasteiger partial charge < -0.3 is 0 Å². The summed E-state index contributed by atoms with van der Waals surface area (Å²) in [5.74, 6) is 0.697. The van der Waals surface area contributed by atoms with E-state index in [1.54, 1.807) is 23.1 Å². The maximum Gasteiger partial charge on any atom is 0.271 e. The van der Waals surface area contributed by atoms with Gasteiger partial charge in [0.1, 0.15) is 0 Å². The number of amides is 1. The summed E-state index contributed by atoms with van der Waals surface area (Å²) in [7, 11) is 0. The molecule has 1 aliphatic rings. The first-order valence-corrected chi connectivity index (χ1v) is 11.0. The lowest BCUT2D eigenvalue weighted by Gasteiger charge is -2.12. The number of nitrogens with zero attached hydrogens (tertiary/aromatic N) is 2. The van der Waals surface area contributed by atoms with Crippen molar-refractivity contribution < 1.29 is 4.79 Å². The standard InChI is InChI=1S/C21H21N3OS2/c25-20(24-23-17-6-2-1-3-7-17)16-12-10-15(11-13-16)14-26-21-22-18-8-4-5-9-19(18)27-21/h4-5,8-13H,1-3,6-7,14H2,(H,24,25). The molecule has 3 aromatic rings. The lowest BCUT2D eigenvalue weighted by molar-refractivity contribution is 0.0954. The molecule has 0 atom stereocenters. The molecule has 1 saturated carbocycles. The molecule has 27 heavy (non-hydrogen) atoms. The second-order valence-corrected chi connectivity index (χ2v) is 8.87. The number of thiazole rings is 1. The van der Waals surface area contributed by atoms with Gasteiger partial charge in [0.2, 0.25) is 0 Å². The largest absolute Gasteiger partial charge is 0.271 e. The van der Waals surface area contributed by atoms with E-state index < -0.39 is 0 Å². The van der Waals surface area contributed by atoms with Crippen LogP contribution in [-0.2, 0) is 5.75 Å². The van der Waals surface area contributed by atoms with E-state index >= 15 is 0 Å². The van der Waals surface area contributed by atoms with Crippen molar-refractivity contribution in [3.05, 3.63) is 59.7 Å². The monoisotopic (exact) mass is 395 g/mol. The van der Waals surface area contributed by atoms with Crippen molar-refractivity contribution in [2.75, 3.05) is 0 Å². The van der Waals surface area contributed by atoms with E-state index in [2.05, 4.69) is 21.6 Å². The molecule has 138 valence electrons. The first-order chi connectivity index (χ1) is 13.3. The maximum absolute atomic E-state index is 12.2. The van der Waals surface area contributed by atoms with Crippen LogP contribution >= 0.6 is 23.1 Å². The Balaban J connectivity index is 1.33. The van der Waals surface area contributed by atoms with Gasteiger partial charge in [0, 0.05) is 17.0 Å². The molecule has 0 saturated heterocycles.